The van der Waals surface area contributed by atoms with Crippen LogP contribution in [0.5, 0.6) is 0 Å². The molecule has 1 aliphatic rings. The van der Waals surface area contributed by atoms with Crippen LogP contribution in [-0.2, 0) is 9.59 Å². The van der Waals surface area contributed by atoms with E-state index in [4.69, 9.17) is 5.73 Å². The Morgan fingerprint density at radius 2 is 1.94 bits per heavy atom. The Morgan fingerprint density at radius 3 is 2.68 bits per heavy atom. The number of aromatic amines is 1. The number of carbonyl (C=O) groups is 2. The van der Waals surface area contributed by atoms with Gasteiger partial charge in [-0.2, -0.15) is 5.10 Å². The molecule has 3 heterocycles. The summed E-state index contributed by atoms with van der Waals surface area (Å²) in [6.45, 7) is 4.60. The normalized spacial score (nSPS) is 16.1. The number of hydrogen-bond donors (Lipinski definition) is 4. The number of rotatable bonds is 7. The van der Waals surface area contributed by atoms with E-state index in [1.54, 1.807) is 17.3 Å². The predicted octanol–water partition coefficient (Wildman–Crippen LogP) is 3.20. The lowest BCUT2D eigenvalue weighted by Gasteiger charge is -2.31. The van der Waals surface area contributed by atoms with Crippen molar-refractivity contribution in [3.05, 3.63) is 79.3 Å². The highest BCUT2D eigenvalue weighted by molar-refractivity contribution is 5.94. The molecule has 34 heavy (non-hydrogen) atoms. The fraction of sp³-hybridized carbons (Fsp3) is 0.200. The summed E-state index contributed by atoms with van der Waals surface area (Å²) in [4.78, 5) is 30.7. The van der Waals surface area contributed by atoms with Crippen molar-refractivity contribution in [2.24, 2.45) is 11.7 Å². The quantitative estimate of drug-likeness (QED) is 0.403. The summed E-state index contributed by atoms with van der Waals surface area (Å²) in [7, 11) is 0. The number of amides is 2. The van der Waals surface area contributed by atoms with Gasteiger partial charge in [-0.3, -0.25) is 14.7 Å². The topological polar surface area (TPSA) is 129 Å². The van der Waals surface area contributed by atoms with Crippen LogP contribution >= 0.6 is 0 Å². The minimum Gasteiger partial charge on any atom is -0.396 e. The highest BCUT2D eigenvalue weighted by Crippen LogP contribution is 2.21. The van der Waals surface area contributed by atoms with Gasteiger partial charge < -0.3 is 21.3 Å². The van der Waals surface area contributed by atoms with E-state index in [1.165, 1.54) is 6.08 Å². The van der Waals surface area contributed by atoms with Crippen LogP contribution in [0, 0.1) is 5.92 Å². The molecule has 3 aromatic rings. The molecule has 9 nitrogen and oxygen atoms in total. The predicted molar refractivity (Wildman–Crippen MR) is 132 cm³/mol. The Bertz CT molecular complexity index is 1190. The first-order valence-electron chi connectivity index (χ1n) is 11.0. The first-order chi connectivity index (χ1) is 16.5. The van der Waals surface area contributed by atoms with Crippen LogP contribution in [0.2, 0.25) is 0 Å². The lowest BCUT2D eigenvalue weighted by Crippen LogP contribution is -2.43. The maximum Gasteiger partial charge on any atom is 0.245 e. The summed E-state index contributed by atoms with van der Waals surface area (Å²) in [6.07, 6.45) is 6.20. The third-order valence-corrected chi connectivity index (χ3v) is 5.65. The Labute approximate surface area is 197 Å². The van der Waals surface area contributed by atoms with E-state index in [2.05, 4.69) is 32.4 Å². The van der Waals surface area contributed by atoms with Crippen molar-refractivity contribution in [3.8, 4) is 11.4 Å². The van der Waals surface area contributed by atoms with E-state index in [0.29, 0.717) is 30.2 Å². The van der Waals surface area contributed by atoms with Crippen molar-refractivity contribution < 1.29 is 9.59 Å². The summed E-state index contributed by atoms with van der Waals surface area (Å²) in [6, 6.07) is 14.8. The van der Waals surface area contributed by atoms with E-state index in [0.717, 1.165) is 29.9 Å². The molecular formula is C25H27N7O2. The molecule has 1 aromatic carbocycles. The van der Waals surface area contributed by atoms with E-state index in [9.17, 15) is 9.59 Å². The summed E-state index contributed by atoms with van der Waals surface area (Å²) in [5, 5.41) is 12.9. The molecule has 0 saturated carbocycles. The van der Waals surface area contributed by atoms with Crippen molar-refractivity contribution in [1.29, 1.82) is 0 Å². The van der Waals surface area contributed by atoms with Gasteiger partial charge in [0.1, 0.15) is 0 Å². The molecule has 0 radical (unpaired) electrons. The molecule has 1 fully saturated rings. The van der Waals surface area contributed by atoms with Crippen LogP contribution in [0.3, 0.4) is 0 Å². The Kier molecular flexibility index (Phi) is 7.02. The maximum absolute atomic E-state index is 12.7. The molecule has 1 saturated heterocycles. The molecule has 4 rings (SSSR count). The number of likely N-dealkylation sites (tertiary alicyclic amines) is 1. The minimum absolute atomic E-state index is 0.0883. The van der Waals surface area contributed by atoms with Crippen molar-refractivity contribution in [3.63, 3.8) is 0 Å². The second-order valence-corrected chi connectivity index (χ2v) is 8.02. The van der Waals surface area contributed by atoms with E-state index >= 15 is 0 Å². The lowest BCUT2D eigenvalue weighted by atomic mass is 9.97. The van der Waals surface area contributed by atoms with Gasteiger partial charge in [-0.05, 0) is 61.4 Å². The molecule has 0 bridgehead atoms. The van der Waals surface area contributed by atoms with Gasteiger partial charge in [-0.15, -0.1) is 0 Å². The zero-order valence-electron chi connectivity index (χ0n) is 18.7. The number of hydrogen-bond acceptors (Lipinski definition) is 6. The molecule has 0 unspecified atom stereocenters. The molecule has 9 heteroatoms. The zero-order valence-corrected chi connectivity index (χ0v) is 18.7. The number of nitrogens with one attached hydrogen (secondary N) is 3. The Balaban J connectivity index is 1.34. The van der Waals surface area contributed by atoms with Crippen LogP contribution in [0.15, 0.2) is 73.6 Å². The summed E-state index contributed by atoms with van der Waals surface area (Å²) in [5.74, 6) is -0.457. The van der Waals surface area contributed by atoms with Crippen LogP contribution in [-0.4, -0.2) is 45.0 Å². The second kappa shape index (κ2) is 10.5. The summed E-state index contributed by atoms with van der Waals surface area (Å²) >= 11 is 0. The average molecular weight is 458 g/mol. The van der Waals surface area contributed by atoms with Crippen molar-refractivity contribution in [1.82, 2.24) is 20.1 Å². The van der Waals surface area contributed by atoms with Crippen LogP contribution < -0.4 is 16.4 Å². The van der Waals surface area contributed by atoms with Gasteiger partial charge in [-0.1, -0.05) is 12.6 Å². The van der Waals surface area contributed by atoms with Crippen LogP contribution in [0.25, 0.3) is 17.1 Å². The number of benzene rings is 1. The van der Waals surface area contributed by atoms with Gasteiger partial charge in [0, 0.05) is 36.9 Å². The highest BCUT2D eigenvalue weighted by atomic mass is 16.2. The third-order valence-electron chi connectivity index (χ3n) is 5.65. The number of anilines is 2. The van der Waals surface area contributed by atoms with E-state index in [-0.39, 0.29) is 17.7 Å². The minimum atomic E-state index is -0.233. The third kappa shape index (κ3) is 5.50. The number of aromatic nitrogens is 3. The van der Waals surface area contributed by atoms with Gasteiger partial charge in [0.25, 0.3) is 0 Å². The molecule has 0 aliphatic carbocycles. The number of H-pyrrole nitrogens is 1. The highest BCUT2D eigenvalue weighted by Gasteiger charge is 2.27. The summed E-state index contributed by atoms with van der Waals surface area (Å²) in [5.41, 5.74) is 10.4. The van der Waals surface area contributed by atoms with Gasteiger partial charge in [0.15, 0.2) is 0 Å². The first-order valence-corrected chi connectivity index (χ1v) is 11.0. The fourth-order valence-electron chi connectivity index (χ4n) is 3.79. The van der Waals surface area contributed by atoms with Crippen molar-refractivity contribution in [2.45, 2.75) is 12.8 Å². The molecular weight excluding hydrogens is 430 g/mol. The van der Waals surface area contributed by atoms with Gasteiger partial charge >= 0.3 is 0 Å². The van der Waals surface area contributed by atoms with E-state index in [1.807, 2.05) is 48.5 Å². The Morgan fingerprint density at radius 1 is 1.15 bits per heavy atom. The van der Waals surface area contributed by atoms with Crippen LogP contribution in [0.4, 0.5) is 11.4 Å². The number of piperidine rings is 1. The number of nitrogens with zero attached hydrogens (tertiary/aromatic N) is 3. The molecule has 2 amide bonds. The number of pyridine rings is 1. The molecule has 1 aliphatic heterocycles. The maximum atomic E-state index is 12.7. The molecule has 0 spiro atoms. The number of carbonyl (C=O) groups excluding carboxylic acids is 2. The standard InChI is InChI=1S/C25H27N7O2/c1-2-24(33)32-14-4-5-17(16-32)25(34)29-19-10-8-18(9-11-19)27-15-20(26)21-6-3-7-22(30-21)23-12-13-28-31-23/h2-3,6-13,15,17,27H,1,4-5,14,16,26H2,(H,28,31)(H,29,34)/b20-15-/t17-/m0/s1. The monoisotopic (exact) mass is 457 g/mol. The molecule has 2 aromatic heterocycles. The van der Waals surface area contributed by atoms with Gasteiger partial charge in [0.05, 0.1) is 28.7 Å². The van der Waals surface area contributed by atoms with Crippen LogP contribution in [0.1, 0.15) is 18.5 Å². The summed E-state index contributed by atoms with van der Waals surface area (Å²) < 4.78 is 0. The average Bonchev–Trinajstić information content (AvgIpc) is 3.43. The van der Waals surface area contributed by atoms with Gasteiger partial charge in [-0.25, -0.2) is 4.98 Å². The first kappa shape index (κ1) is 22.8. The fourth-order valence-corrected chi connectivity index (χ4v) is 3.79. The van der Waals surface area contributed by atoms with Crippen molar-refractivity contribution in [2.75, 3.05) is 23.7 Å². The SMILES string of the molecule is C=CC(=O)N1CCC[C@H](C(=O)Nc2ccc(N/C=C(\N)c3cccc(-c4ccn[nH]4)n3)cc2)C1. The number of nitrogens with two attached hydrogens (primary N) is 1. The second-order valence-electron chi connectivity index (χ2n) is 8.02. The Hall–Kier alpha value is -4.40. The molecule has 1 atom stereocenters. The largest absolute Gasteiger partial charge is 0.396 e. The van der Waals surface area contributed by atoms with Crippen molar-refractivity contribution >= 4 is 28.9 Å². The van der Waals surface area contributed by atoms with Gasteiger partial charge in [0.2, 0.25) is 11.8 Å². The zero-order chi connectivity index (χ0) is 23.9. The molecule has 174 valence electrons. The smallest absolute Gasteiger partial charge is 0.245 e. The molecule has 5 N–H and O–H groups in total. The lowest BCUT2D eigenvalue weighted by molar-refractivity contribution is -0.130. The van der Waals surface area contributed by atoms with E-state index < -0.39 is 0 Å².